The van der Waals surface area contributed by atoms with Crippen LogP contribution < -0.4 is 5.73 Å². The van der Waals surface area contributed by atoms with Gasteiger partial charge < -0.3 is 29.7 Å². The number of rotatable bonds is 4. The molecule has 0 spiro atoms. The van der Waals surface area contributed by atoms with Crippen molar-refractivity contribution in [1.82, 2.24) is 9.80 Å². The fraction of sp³-hybridized carbons (Fsp3) is 0.867. The predicted molar refractivity (Wildman–Crippen MR) is 82.7 cm³/mol. The molecule has 1 unspecified atom stereocenters. The van der Waals surface area contributed by atoms with Crippen molar-refractivity contribution in [2.24, 2.45) is 5.73 Å². The standard InChI is InChI=1S/C15H27N3O5/c1-4-21-14(20)18-7-5-17(6-8-18)13(19)12(16)9-11-10-22-15(2,3)23-11/h11-12H,4-10,16H2,1-3H3/t11?,12-/m0/s1. The smallest absolute Gasteiger partial charge is 0.409 e. The third-order valence-corrected chi connectivity index (χ3v) is 4.02. The molecule has 2 fully saturated rings. The highest BCUT2D eigenvalue weighted by molar-refractivity contribution is 5.82. The lowest BCUT2D eigenvalue weighted by Gasteiger charge is -2.35. The monoisotopic (exact) mass is 329 g/mol. The molecule has 2 saturated heterocycles. The maximum atomic E-state index is 12.4. The summed E-state index contributed by atoms with van der Waals surface area (Å²) in [5.74, 6) is -0.722. The van der Waals surface area contributed by atoms with Crippen molar-refractivity contribution >= 4 is 12.0 Å². The Labute approximate surface area is 136 Å². The summed E-state index contributed by atoms with van der Waals surface area (Å²) >= 11 is 0. The molecule has 0 aromatic heterocycles. The Kier molecular flexibility index (Phi) is 5.83. The van der Waals surface area contributed by atoms with Crippen LogP contribution >= 0.6 is 0 Å². The molecule has 2 aliphatic heterocycles. The van der Waals surface area contributed by atoms with Crippen molar-refractivity contribution < 1.29 is 23.8 Å². The Bertz CT molecular complexity index is 435. The molecule has 2 atom stereocenters. The molecule has 2 rings (SSSR count). The highest BCUT2D eigenvalue weighted by atomic mass is 16.7. The molecule has 2 heterocycles. The number of carbonyl (C=O) groups excluding carboxylic acids is 2. The zero-order valence-corrected chi connectivity index (χ0v) is 14.1. The van der Waals surface area contributed by atoms with E-state index >= 15 is 0 Å². The van der Waals surface area contributed by atoms with E-state index in [9.17, 15) is 9.59 Å². The summed E-state index contributed by atoms with van der Waals surface area (Å²) in [7, 11) is 0. The minimum Gasteiger partial charge on any atom is -0.450 e. The first-order chi connectivity index (χ1) is 10.8. The number of hydrogen-bond acceptors (Lipinski definition) is 6. The first-order valence-corrected chi connectivity index (χ1v) is 8.10. The second-order valence-electron chi connectivity index (χ2n) is 6.30. The average Bonchev–Trinajstić information content (AvgIpc) is 2.85. The number of nitrogens with zero attached hydrogens (tertiary/aromatic N) is 2. The van der Waals surface area contributed by atoms with Gasteiger partial charge in [-0.3, -0.25) is 4.79 Å². The maximum absolute atomic E-state index is 12.4. The fourth-order valence-corrected chi connectivity index (χ4v) is 2.82. The Morgan fingerprint density at radius 1 is 1.26 bits per heavy atom. The van der Waals surface area contributed by atoms with Gasteiger partial charge >= 0.3 is 6.09 Å². The zero-order chi connectivity index (χ0) is 17.0. The van der Waals surface area contributed by atoms with E-state index in [0.29, 0.717) is 45.8 Å². The number of hydrogen-bond donors (Lipinski definition) is 1. The van der Waals surface area contributed by atoms with Crippen LogP contribution in [0.4, 0.5) is 4.79 Å². The Morgan fingerprint density at radius 2 is 1.87 bits per heavy atom. The van der Waals surface area contributed by atoms with E-state index in [0.717, 1.165) is 0 Å². The average molecular weight is 329 g/mol. The summed E-state index contributed by atoms with van der Waals surface area (Å²) in [6, 6.07) is -0.619. The molecule has 2 N–H and O–H groups in total. The number of carbonyl (C=O) groups is 2. The third kappa shape index (κ3) is 4.79. The number of piperazine rings is 1. The quantitative estimate of drug-likeness (QED) is 0.789. The first-order valence-electron chi connectivity index (χ1n) is 8.10. The van der Waals surface area contributed by atoms with Crippen molar-refractivity contribution in [2.75, 3.05) is 39.4 Å². The van der Waals surface area contributed by atoms with Gasteiger partial charge in [0.2, 0.25) is 5.91 Å². The molecule has 2 amide bonds. The normalized spacial score (nSPS) is 25.3. The molecule has 8 nitrogen and oxygen atoms in total. The zero-order valence-electron chi connectivity index (χ0n) is 14.1. The second kappa shape index (κ2) is 7.46. The molecule has 0 saturated carbocycles. The van der Waals surface area contributed by atoms with Gasteiger partial charge in [-0.15, -0.1) is 0 Å². The van der Waals surface area contributed by atoms with E-state index in [-0.39, 0.29) is 18.1 Å². The fourth-order valence-electron chi connectivity index (χ4n) is 2.82. The Balaban J connectivity index is 1.77. The molecule has 2 aliphatic rings. The van der Waals surface area contributed by atoms with Gasteiger partial charge in [0.05, 0.1) is 25.4 Å². The van der Waals surface area contributed by atoms with Gasteiger partial charge in [-0.25, -0.2) is 4.79 Å². The third-order valence-electron chi connectivity index (χ3n) is 4.02. The number of ether oxygens (including phenoxy) is 3. The summed E-state index contributed by atoms with van der Waals surface area (Å²) in [4.78, 5) is 27.4. The Morgan fingerprint density at radius 3 is 2.39 bits per heavy atom. The Hall–Kier alpha value is -1.38. The van der Waals surface area contributed by atoms with Crippen molar-refractivity contribution in [1.29, 1.82) is 0 Å². The topological polar surface area (TPSA) is 94.3 Å². The highest BCUT2D eigenvalue weighted by Crippen LogP contribution is 2.24. The van der Waals surface area contributed by atoms with Gasteiger partial charge in [-0.05, 0) is 20.8 Å². The van der Waals surface area contributed by atoms with E-state index < -0.39 is 11.8 Å². The molecule has 8 heteroatoms. The lowest BCUT2D eigenvalue weighted by molar-refractivity contribution is -0.144. The molecule has 0 aliphatic carbocycles. The molecule has 0 aromatic rings. The molecular weight excluding hydrogens is 302 g/mol. The summed E-state index contributed by atoms with van der Waals surface area (Å²) < 4.78 is 16.1. The van der Waals surface area contributed by atoms with Gasteiger partial charge in [-0.2, -0.15) is 0 Å². The van der Waals surface area contributed by atoms with Gasteiger partial charge in [0.15, 0.2) is 5.79 Å². The lowest BCUT2D eigenvalue weighted by Crippen LogP contribution is -2.54. The van der Waals surface area contributed by atoms with Gasteiger partial charge in [0, 0.05) is 32.6 Å². The van der Waals surface area contributed by atoms with Crippen molar-refractivity contribution in [3.05, 3.63) is 0 Å². The number of amides is 2. The van der Waals surface area contributed by atoms with Crippen LogP contribution in [-0.2, 0) is 19.0 Å². The summed E-state index contributed by atoms with van der Waals surface area (Å²) in [6.45, 7) is 8.13. The maximum Gasteiger partial charge on any atom is 0.409 e. The van der Waals surface area contributed by atoms with Crippen molar-refractivity contribution in [3.8, 4) is 0 Å². The van der Waals surface area contributed by atoms with Gasteiger partial charge in [-0.1, -0.05) is 0 Å². The summed E-state index contributed by atoms with van der Waals surface area (Å²) in [6.07, 6.45) is -0.0622. The molecule has 132 valence electrons. The molecule has 23 heavy (non-hydrogen) atoms. The van der Waals surface area contributed by atoms with Crippen molar-refractivity contribution in [3.63, 3.8) is 0 Å². The van der Waals surface area contributed by atoms with Crippen LogP contribution in [0, 0.1) is 0 Å². The summed E-state index contributed by atoms with van der Waals surface area (Å²) in [5, 5.41) is 0. The summed E-state index contributed by atoms with van der Waals surface area (Å²) in [5.41, 5.74) is 6.03. The minimum absolute atomic E-state index is 0.109. The largest absolute Gasteiger partial charge is 0.450 e. The molecule has 0 radical (unpaired) electrons. The van der Waals surface area contributed by atoms with E-state index in [4.69, 9.17) is 19.9 Å². The lowest BCUT2D eigenvalue weighted by atomic mass is 10.1. The van der Waals surface area contributed by atoms with E-state index in [1.165, 1.54) is 0 Å². The second-order valence-corrected chi connectivity index (χ2v) is 6.30. The van der Waals surface area contributed by atoms with Crippen LogP contribution in [0.3, 0.4) is 0 Å². The van der Waals surface area contributed by atoms with E-state index in [1.807, 2.05) is 13.8 Å². The molecule has 0 aromatic carbocycles. The van der Waals surface area contributed by atoms with Gasteiger partial charge in [0.1, 0.15) is 0 Å². The predicted octanol–water partition coefficient (Wildman–Crippen LogP) is 0.156. The van der Waals surface area contributed by atoms with E-state index in [2.05, 4.69) is 0 Å². The van der Waals surface area contributed by atoms with Crippen molar-refractivity contribution in [2.45, 2.75) is 45.1 Å². The van der Waals surface area contributed by atoms with Crippen LogP contribution in [-0.4, -0.2) is 79.1 Å². The van der Waals surface area contributed by atoms with Crippen LogP contribution in [0.15, 0.2) is 0 Å². The van der Waals surface area contributed by atoms with E-state index in [1.54, 1.807) is 16.7 Å². The minimum atomic E-state index is -0.619. The SMILES string of the molecule is CCOC(=O)N1CCN(C(=O)[C@@H](N)CC2COC(C)(C)O2)CC1. The first kappa shape index (κ1) is 18.0. The van der Waals surface area contributed by atoms with Crippen LogP contribution in [0.1, 0.15) is 27.2 Å². The molecule has 0 bridgehead atoms. The number of nitrogens with two attached hydrogens (primary N) is 1. The van der Waals surface area contributed by atoms with Gasteiger partial charge in [0.25, 0.3) is 0 Å². The molecular formula is C15H27N3O5. The van der Waals surface area contributed by atoms with Crippen LogP contribution in [0.2, 0.25) is 0 Å². The van der Waals surface area contributed by atoms with Crippen LogP contribution in [0.5, 0.6) is 0 Å². The highest BCUT2D eigenvalue weighted by Gasteiger charge is 2.36. The van der Waals surface area contributed by atoms with Crippen LogP contribution in [0.25, 0.3) is 0 Å².